The molecule has 21 heavy (non-hydrogen) atoms. The monoisotopic (exact) mass is 292 g/mol. The minimum atomic E-state index is -0.759. The number of allylic oxidation sites excluding steroid dienone is 1. The summed E-state index contributed by atoms with van der Waals surface area (Å²) in [5.74, 6) is 0.387. The largest absolute Gasteiger partial charge is 0.478 e. The lowest BCUT2D eigenvalue weighted by Crippen LogP contribution is -2.51. The highest BCUT2D eigenvalue weighted by molar-refractivity contribution is 5.88. The van der Waals surface area contributed by atoms with Crippen LogP contribution in [-0.2, 0) is 9.59 Å². The third-order valence-electron chi connectivity index (χ3n) is 6.45. The second-order valence-corrected chi connectivity index (χ2v) is 7.62. The van der Waals surface area contributed by atoms with E-state index >= 15 is 0 Å². The summed E-state index contributed by atoms with van der Waals surface area (Å²) in [6.45, 7) is 8.35. The molecule has 3 nitrogen and oxygen atoms in total. The minimum absolute atomic E-state index is 0.0631. The van der Waals surface area contributed by atoms with E-state index in [1.54, 1.807) is 6.92 Å². The van der Waals surface area contributed by atoms with Gasteiger partial charge in [-0.2, -0.15) is 0 Å². The number of carbonyl (C=O) groups is 2. The van der Waals surface area contributed by atoms with Crippen molar-refractivity contribution in [1.29, 1.82) is 0 Å². The minimum Gasteiger partial charge on any atom is -0.478 e. The van der Waals surface area contributed by atoms with Crippen molar-refractivity contribution in [3.63, 3.8) is 0 Å². The first-order chi connectivity index (χ1) is 9.71. The highest BCUT2D eigenvalue weighted by atomic mass is 16.4. The van der Waals surface area contributed by atoms with Crippen molar-refractivity contribution in [3.05, 3.63) is 11.6 Å². The summed E-state index contributed by atoms with van der Waals surface area (Å²) in [7, 11) is 0. The molecule has 0 heterocycles. The van der Waals surface area contributed by atoms with E-state index in [1.807, 2.05) is 6.08 Å². The van der Waals surface area contributed by atoms with E-state index in [-0.39, 0.29) is 16.6 Å². The fourth-order valence-electron chi connectivity index (χ4n) is 4.89. The Bertz CT molecular complexity index is 479. The molecule has 3 heteroatoms. The number of ketones is 1. The van der Waals surface area contributed by atoms with Gasteiger partial charge in [-0.1, -0.05) is 26.8 Å². The van der Waals surface area contributed by atoms with Crippen molar-refractivity contribution in [2.24, 2.45) is 22.7 Å². The molecular weight excluding hydrogens is 264 g/mol. The molecule has 0 bridgehead atoms. The fraction of sp³-hybridized carbons (Fsp3) is 0.778. The van der Waals surface area contributed by atoms with Gasteiger partial charge in [0.05, 0.1) is 0 Å². The van der Waals surface area contributed by atoms with Gasteiger partial charge in [0.25, 0.3) is 0 Å². The van der Waals surface area contributed by atoms with Gasteiger partial charge < -0.3 is 9.90 Å². The Morgan fingerprint density at radius 1 is 1.33 bits per heavy atom. The van der Waals surface area contributed by atoms with Crippen LogP contribution >= 0.6 is 0 Å². The molecule has 2 aliphatic carbocycles. The maximum Gasteiger partial charge on any atom is 0.331 e. The van der Waals surface area contributed by atoms with Crippen molar-refractivity contribution in [3.8, 4) is 0 Å². The summed E-state index contributed by atoms with van der Waals surface area (Å²) in [6.07, 6.45) is 7.32. The van der Waals surface area contributed by atoms with Gasteiger partial charge in [0.1, 0.15) is 5.78 Å². The van der Waals surface area contributed by atoms with E-state index in [1.165, 1.54) is 0 Å². The van der Waals surface area contributed by atoms with Crippen LogP contribution in [0.2, 0.25) is 0 Å². The zero-order chi connectivity index (χ0) is 15.8. The van der Waals surface area contributed by atoms with Crippen LogP contribution in [0, 0.1) is 22.7 Å². The smallest absolute Gasteiger partial charge is 0.331 e. The Labute approximate surface area is 127 Å². The Hall–Kier alpha value is -1.12. The average Bonchev–Trinajstić information content (AvgIpc) is 2.40. The van der Waals surface area contributed by atoms with Gasteiger partial charge in [0, 0.05) is 17.4 Å². The third-order valence-corrected chi connectivity index (χ3v) is 6.45. The van der Waals surface area contributed by atoms with Crippen LogP contribution in [0.1, 0.15) is 66.2 Å². The number of hydrogen-bond acceptors (Lipinski definition) is 2. The lowest BCUT2D eigenvalue weighted by atomic mass is 9.47. The van der Waals surface area contributed by atoms with Crippen LogP contribution in [-0.4, -0.2) is 16.9 Å². The molecule has 0 aromatic carbocycles. The van der Waals surface area contributed by atoms with Gasteiger partial charge in [0.2, 0.25) is 0 Å². The van der Waals surface area contributed by atoms with E-state index in [9.17, 15) is 14.7 Å². The van der Waals surface area contributed by atoms with Gasteiger partial charge in [-0.05, 0) is 56.3 Å². The molecule has 0 aromatic heterocycles. The van der Waals surface area contributed by atoms with Gasteiger partial charge in [-0.25, -0.2) is 4.79 Å². The van der Waals surface area contributed by atoms with Crippen molar-refractivity contribution in [2.75, 3.05) is 0 Å². The number of fused-ring (bicyclic) bond motifs is 1. The normalized spacial score (nSPS) is 39.3. The van der Waals surface area contributed by atoms with E-state index in [0.29, 0.717) is 23.8 Å². The lowest BCUT2D eigenvalue weighted by molar-refractivity contribution is -0.137. The Morgan fingerprint density at radius 3 is 2.57 bits per heavy atom. The molecule has 1 saturated carbocycles. The van der Waals surface area contributed by atoms with Crippen LogP contribution in [0.5, 0.6) is 0 Å². The van der Waals surface area contributed by atoms with Gasteiger partial charge >= 0.3 is 5.97 Å². The molecule has 0 radical (unpaired) electrons. The highest BCUT2D eigenvalue weighted by Gasteiger charge is 2.55. The molecule has 0 saturated heterocycles. The highest BCUT2D eigenvalue weighted by Crippen LogP contribution is 2.61. The average molecular weight is 292 g/mol. The summed E-state index contributed by atoms with van der Waals surface area (Å²) in [5, 5.41) is 9.57. The van der Waals surface area contributed by atoms with Crippen LogP contribution in [0.15, 0.2) is 11.6 Å². The van der Waals surface area contributed by atoms with Gasteiger partial charge in [-0.3, -0.25) is 0 Å². The summed E-state index contributed by atoms with van der Waals surface area (Å²) in [6, 6.07) is 0. The molecule has 2 aliphatic rings. The van der Waals surface area contributed by atoms with E-state index < -0.39 is 5.97 Å². The van der Waals surface area contributed by atoms with Gasteiger partial charge in [-0.15, -0.1) is 0 Å². The second kappa shape index (κ2) is 5.58. The van der Waals surface area contributed by atoms with Crippen LogP contribution in [0.3, 0.4) is 0 Å². The van der Waals surface area contributed by atoms with Crippen molar-refractivity contribution in [1.82, 2.24) is 0 Å². The zero-order valence-corrected chi connectivity index (χ0v) is 13.7. The molecule has 0 amide bonds. The van der Waals surface area contributed by atoms with Crippen molar-refractivity contribution >= 4 is 11.8 Å². The standard InChI is InChI=1S/C18H28O3/c1-12-8-10-18(4)14(16(20)21)6-5-7-15(18)17(12,3)11-9-13(2)19/h6,12,15H,5,7-11H2,1-4H3,(H,20,21). The molecule has 2 rings (SSSR count). The number of hydrogen-bond donors (Lipinski definition) is 1. The van der Waals surface area contributed by atoms with E-state index in [0.717, 1.165) is 32.1 Å². The number of carbonyl (C=O) groups excluding carboxylic acids is 1. The molecule has 4 atom stereocenters. The van der Waals surface area contributed by atoms with E-state index in [4.69, 9.17) is 0 Å². The fourth-order valence-corrected chi connectivity index (χ4v) is 4.89. The summed E-state index contributed by atoms with van der Waals surface area (Å²) >= 11 is 0. The predicted octanol–water partition coefficient (Wildman–Crippen LogP) is 4.22. The molecule has 4 unspecified atom stereocenters. The van der Waals surface area contributed by atoms with Crippen molar-refractivity contribution < 1.29 is 14.7 Å². The first kappa shape index (κ1) is 16.3. The molecule has 0 aromatic rings. The Balaban J connectivity index is 2.37. The van der Waals surface area contributed by atoms with Crippen molar-refractivity contribution in [2.45, 2.75) is 66.2 Å². The SMILES string of the molecule is CC(=O)CCC1(C)C(C)CCC2(C)C(C(=O)O)=CCCC21. The van der Waals surface area contributed by atoms with Crippen LogP contribution < -0.4 is 0 Å². The second-order valence-electron chi connectivity index (χ2n) is 7.62. The summed E-state index contributed by atoms with van der Waals surface area (Å²) in [4.78, 5) is 23.1. The number of Topliss-reactive ketones (excluding diaryl/α,β-unsaturated/α-hetero) is 1. The maximum atomic E-state index is 11.7. The number of rotatable bonds is 4. The molecule has 0 aliphatic heterocycles. The molecule has 0 spiro atoms. The zero-order valence-electron chi connectivity index (χ0n) is 13.7. The molecular formula is C18H28O3. The third kappa shape index (κ3) is 2.67. The molecule has 1 fully saturated rings. The van der Waals surface area contributed by atoms with Gasteiger partial charge in [0.15, 0.2) is 0 Å². The quantitative estimate of drug-likeness (QED) is 0.844. The Morgan fingerprint density at radius 2 is 2.00 bits per heavy atom. The van der Waals surface area contributed by atoms with Crippen LogP contribution in [0.4, 0.5) is 0 Å². The summed E-state index contributed by atoms with van der Waals surface area (Å²) in [5.41, 5.74) is 0.440. The Kier molecular flexibility index (Phi) is 4.32. The van der Waals surface area contributed by atoms with E-state index in [2.05, 4.69) is 20.8 Å². The first-order valence-corrected chi connectivity index (χ1v) is 8.15. The first-order valence-electron chi connectivity index (χ1n) is 8.15. The molecule has 118 valence electrons. The molecule has 1 N–H and O–H groups in total. The number of carboxylic acids is 1. The number of carboxylic acid groups (broad SMARTS) is 1. The lowest BCUT2D eigenvalue weighted by Gasteiger charge is -2.57. The maximum absolute atomic E-state index is 11.7. The topological polar surface area (TPSA) is 54.4 Å². The van der Waals surface area contributed by atoms with Crippen LogP contribution in [0.25, 0.3) is 0 Å². The summed E-state index contributed by atoms with van der Waals surface area (Å²) < 4.78 is 0. The predicted molar refractivity (Wildman–Crippen MR) is 83.0 cm³/mol. The number of aliphatic carboxylic acids is 1.